The van der Waals surface area contributed by atoms with Crippen molar-refractivity contribution in [3.63, 3.8) is 0 Å². The van der Waals surface area contributed by atoms with Gasteiger partial charge in [-0.2, -0.15) is 0 Å². The topological polar surface area (TPSA) is 53.9 Å². The molecule has 1 spiro atoms. The van der Waals surface area contributed by atoms with E-state index in [1.54, 1.807) is 0 Å². The molecule has 5 nitrogen and oxygen atoms in total. The minimum atomic E-state index is -0.571. The summed E-state index contributed by atoms with van der Waals surface area (Å²) in [6, 6.07) is -0.164. The van der Waals surface area contributed by atoms with Gasteiger partial charge in [-0.15, -0.1) is 0 Å². The Bertz CT molecular complexity index is 396. The van der Waals surface area contributed by atoms with Crippen molar-refractivity contribution in [2.75, 3.05) is 19.8 Å². The van der Waals surface area contributed by atoms with Crippen LogP contribution in [0.25, 0.3) is 0 Å². The van der Waals surface area contributed by atoms with Gasteiger partial charge in [-0.1, -0.05) is 6.92 Å². The molecule has 1 saturated carbocycles. The third-order valence-corrected chi connectivity index (χ3v) is 5.32. The highest BCUT2D eigenvalue weighted by molar-refractivity contribution is 6.06. The van der Waals surface area contributed by atoms with Gasteiger partial charge >= 0.3 is 6.03 Å². The summed E-state index contributed by atoms with van der Waals surface area (Å²) < 4.78 is 0. The van der Waals surface area contributed by atoms with E-state index in [4.69, 9.17) is 0 Å². The van der Waals surface area contributed by atoms with Gasteiger partial charge in [0.15, 0.2) is 6.67 Å². The number of carbonyl (C=O) groups excluding carboxylic acids is 2. The van der Waals surface area contributed by atoms with Crippen molar-refractivity contribution in [2.45, 2.75) is 57.4 Å². The van der Waals surface area contributed by atoms with E-state index in [0.717, 1.165) is 38.8 Å². The predicted molar refractivity (Wildman–Crippen MR) is 75.2 cm³/mol. The Hall–Kier alpha value is -1.10. The molecule has 2 N–H and O–H groups in total. The number of quaternary nitrogens is 1. The number of nitrogens with zero attached hydrogens (tertiary/aromatic N) is 1. The van der Waals surface area contributed by atoms with Crippen molar-refractivity contribution in [3.05, 3.63) is 0 Å². The van der Waals surface area contributed by atoms with Gasteiger partial charge in [0, 0.05) is 0 Å². The molecule has 2 saturated heterocycles. The summed E-state index contributed by atoms with van der Waals surface area (Å²) in [7, 11) is 0. The summed E-state index contributed by atoms with van der Waals surface area (Å²) >= 11 is 0. The minimum absolute atomic E-state index is 0.0347. The maximum atomic E-state index is 12.7. The van der Waals surface area contributed by atoms with Gasteiger partial charge in [0.05, 0.1) is 13.1 Å². The fourth-order valence-electron chi connectivity index (χ4n) is 3.85. The SMILES string of the molecule is CC1CCC2(CC1)NC(=O)N(C[NH+]1CCCCC1)C2=O. The molecule has 0 aromatic rings. The van der Waals surface area contributed by atoms with Crippen LogP contribution in [-0.4, -0.2) is 42.1 Å². The molecule has 0 unspecified atom stereocenters. The number of carbonyl (C=O) groups is 2. The molecule has 0 radical (unpaired) electrons. The lowest BCUT2D eigenvalue weighted by molar-refractivity contribution is -0.912. The lowest BCUT2D eigenvalue weighted by atomic mass is 9.77. The highest BCUT2D eigenvalue weighted by atomic mass is 16.2. The number of imide groups is 1. The third-order valence-electron chi connectivity index (χ3n) is 5.32. The number of nitrogens with one attached hydrogen (secondary N) is 2. The first kappa shape index (κ1) is 13.9. The summed E-state index contributed by atoms with van der Waals surface area (Å²) in [5.74, 6) is 0.708. The van der Waals surface area contributed by atoms with Crippen LogP contribution in [0.2, 0.25) is 0 Å². The molecule has 112 valence electrons. The van der Waals surface area contributed by atoms with E-state index >= 15 is 0 Å². The average Bonchev–Trinajstić information content (AvgIpc) is 2.68. The van der Waals surface area contributed by atoms with Gasteiger partial charge in [0.1, 0.15) is 5.54 Å². The normalized spacial score (nSPS) is 35.6. The first-order chi connectivity index (χ1) is 9.61. The van der Waals surface area contributed by atoms with Gasteiger partial charge in [0.2, 0.25) is 0 Å². The summed E-state index contributed by atoms with van der Waals surface area (Å²) in [5, 5.41) is 3.00. The zero-order valence-electron chi connectivity index (χ0n) is 12.4. The predicted octanol–water partition coefficient (Wildman–Crippen LogP) is 0.513. The first-order valence-corrected chi connectivity index (χ1v) is 8.08. The quantitative estimate of drug-likeness (QED) is 0.724. The number of hydrogen-bond donors (Lipinski definition) is 2. The lowest BCUT2D eigenvalue weighted by Crippen LogP contribution is -3.14. The second kappa shape index (κ2) is 5.35. The van der Waals surface area contributed by atoms with Gasteiger partial charge in [-0.05, 0) is 50.9 Å². The number of rotatable bonds is 2. The average molecular weight is 280 g/mol. The molecule has 0 atom stereocenters. The molecule has 3 amide bonds. The summed E-state index contributed by atoms with van der Waals surface area (Å²) in [6.07, 6.45) is 7.40. The van der Waals surface area contributed by atoms with Crippen LogP contribution in [0.4, 0.5) is 4.79 Å². The summed E-state index contributed by atoms with van der Waals surface area (Å²) in [6.45, 7) is 4.95. The van der Waals surface area contributed by atoms with Gasteiger partial charge < -0.3 is 10.2 Å². The van der Waals surface area contributed by atoms with Crippen LogP contribution >= 0.6 is 0 Å². The second-order valence-corrected chi connectivity index (χ2v) is 6.90. The third kappa shape index (κ3) is 2.43. The van der Waals surface area contributed by atoms with Crippen molar-refractivity contribution < 1.29 is 14.5 Å². The molecule has 0 aromatic heterocycles. The Kier molecular flexibility index (Phi) is 3.71. The molecule has 3 aliphatic rings. The molecule has 3 fully saturated rings. The van der Waals surface area contributed by atoms with Gasteiger partial charge in [0.25, 0.3) is 5.91 Å². The van der Waals surface area contributed by atoms with E-state index < -0.39 is 5.54 Å². The largest absolute Gasteiger partial charge is 0.329 e. The number of amides is 3. The first-order valence-electron chi connectivity index (χ1n) is 8.08. The molecular formula is C15H26N3O2+. The van der Waals surface area contributed by atoms with E-state index in [1.807, 2.05) is 0 Å². The van der Waals surface area contributed by atoms with Crippen molar-refractivity contribution in [2.24, 2.45) is 5.92 Å². The Morgan fingerprint density at radius 3 is 2.50 bits per heavy atom. The second-order valence-electron chi connectivity index (χ2n) is 6.90. The Morgan fingerprint density at radius 2 is 1.85 bits per heavy atom. The monoisotopic (exact) mass is 280 g/mol. The van der Waals surface area contributed by atoms with E-state index in [9.17, 15) is 9.59 Å². The number of piperidine rings is 1. The zero-order valence-corrected chi connectivity index (χ0v) is 12.4. The fraction of sp³-hybridized carbons (Fsp3) is 0.867. The minimum Gasteiger partial charge on any atom is -0.323 e. The Balaban J connectivity index is 1.67. The highest BCUT2D eigenvalue weighted by Crippen LogP contribution is 2.35. The number of urea groups is 1. The van der Waals surface area contributed by atoms with Crippen LogP contribution in [0, 0.1) is 5.92 Å². The van der Waals surface area contributed by atoms with Crippen LogP contribution in [-0.2, 0) is 4.79 Å². The molecule has 20 heavy (non-hydrogen) atoms. The molecule has 2 aliphatic heterocycles. The molecule has 0 aromatic carbocycles. The Labute approximate surface area is 120 Å². The molecule has 3 rings (SSSR count). The summed E-state index contributed by atoms with van der Waals surface area (Å²) in [4.78, 5) is 27.8. The smallest absolute Gasteiger partial charge is 0.323 e. The molecule has 5 heteroatoms. The van der Waals surface area contributed by atoms with E-state index in [-0.39, 0.29) is 11.9 Å². The van der Waals surface area contributed by atoms with Gasteiger partial charge in [-0.25, -0.2) is 9.69 Å². The van der Waals surface area contributed by atoms with Crippen LogP contribution in [0.1, 0.15) is 51.9 Å². The van der Waals surface area contributed by atoms with Crippen molar-refractivity contribution in [1.29, 1.82) is 0 Å². The standard InChI is InChI=1S/C15H25N3O2/c1-12-5-7-15(8-6-12)13(19)18(14(20)16-15)11-17-9-3-2-4-10-17/h12H,2-11H2,1H3,(H,16,20)/p+1. The Morgan fingerprint density at radius 1 is 1.20 bits per heavy atom. The molecule has 0 bridgehead atoms. The number of hydrogen-bond acceptors (Lipinski definition) is 2. The van der Waals surface area contributed by atoms with Crippen LogP contribution in [0.5, 0.6) is 0 Å². The maximum absolute atomic E-state index is 12.7. The van der Waals surface area contributed by atoms with Crippen LogP contribution < -0.4 is 10.2 Å². The van der Waals surface area contributed by atoms with Crippen LogP contribution in [0.15, 0.2) is 0 Å². The van der Waals surface area contributed by atoms with E-state index in [1.165, 1.54) is 29.1 Å². The molecule has 2 heterocycles. The zero-order chi connectivity index (χ0) is 14.2. The highest BCUT2D eigenvalue weighted by Gasteiger charge is 2.52. The number of likely N-dealkylation sites (tertiary alicyclic amines) is 1. The molecule has 1 aliphatic carbocycles. The van der Waals surface area contributed by atoms with Crippen molar-refractivity contribution in [3.8, 4) is 0 Å². The van der Waals surface area contributed by atoms with E-state index in [2.05, 4.69) is 12.2 Å². The van der Waals surface area contributed by atoms with E-state index in [0.29, 0.717) is 12.6 Å². The fourth-order valence-corrected chi connectivity index (χ4v) is 3.85. The maximum Gasteiger partial charge on any atom is 0.329 e. The van der Waals surface area contributed by atoms with Crippen molar-refractivity contribution >= 4 is 11.9 Å². The molecular weight excluding hydrogens is 254 g/mol. The van der Waals surface area contributed by atoms with Gasteiger partial charge in [-0.3, -0.25) is 4.79 Å². The van der Waals surface area contributed by atoms with Crippen molar-refractivity contribution in [1.82, 2.24) is 10.2 Å². The lowest BCUT2D eigenvalue weighted by Gasteiger charge is -2.33. The van der Waals surface area contributed by atoms with Crippen LogP contribution in [0.3, 0.4) is 0 Å². The summed E-state index contributed by atoms with van der Waals surface area (Å²) in [5.41, 5.74) is -0.571.